The molecule has 1 atom stereocenters. The number of aromatic nitrogens is 2. The summed E-state index contributed by atoms with van der Waals surface area (Å²) in [6.45, 7) is 2.65. The van der Waals surface area contributed by atoms with Crippen LogP contribution in [0.4, 0.5) is 23.1 Å². The number of nitriles is 1. The van der Waals surface area contributed by atoms with E-state index in [9.17, 15) is 10.1 Å². The lowest BCUT2D eigenvalue weighted by Crippen LogP contribution is -2.36. The molecule has 1 fully saturated rings. The van der Waals surface area contributed by atoms with Crippen molar-refractivity contribution in [3.8, 4) is 6.07 Å². The first kappa shape index (κ1) is 23.1. The zero-order valence-corrected chi connectivity index (χ0v) is 19.3. The van der Waals surface area contributed by atoms with E-state index in [0.717, 1.165) is 56.7 Å². The molecule has 174 valence electrons. The van der Waals surface area contributed by atoms with Gasteiger partial charge < -0.3 is 25.4 Å². The van der Waals surface area contributed by atoms with Crippen LogP contribution in [-0.4, -0.2) is 53.0 Å². The molecule has 4 rings (SSSR count). The Labute approximate surface area is 198 Å². The fourth-order valence-electron chi connectivity index (χ4n) is 4.34. The monoisotopic (exact) mass is 467 g/mol. The average Bonchev–Trinajstić information content (AvgIpc) is 2.83. The minimum Gasteiger partial charge on any atom is -0.395 e. The van der Waals surface area contributed by atoms with Crippen LogP contribution in [0.2, 0.25) is 0 Å². The minimum absolute atomic E-state index is 0.0965. The molecule has 1 saturated heterocycles. The van der Waals surface area contributed by atoms with Crippen molar-refractivity contribution in [2.45, 2.75) is 32.1 Å². The van der Waals surface area contributed by atoms with Gasteiger partial charge in [-0.15, -0.1) is 0 Å². The molecule has 1 amide bonds. The van der Waals surface area contributed by atoms with Crippen molar-refractivity contribution >= 4 is 41.0 Å². The lowest BCUT2D eigenvalue weighted by Gasteiger charge is -2.35. The lowest BCUT2D eigenvalue weighted by atomic mass is 9.92. The van der Waals surface area contributed by atoms with Gasteiger partial charge in [0.25, 0.3) is 5.91 Å². The number of amides is 1. The Balaban J connectivity index is 1.69. The molecular weight excluding hydrogens is 438 g/mol. The second kappa shape index (κ2) is 11.2. The molecule has 0 aliphatic carbocycles. The Bertz CT molecular complexity index is 1030. The Morgan fingerprint density at radius 1 is 1.24 bits per heavy atom. The van der Waals surface area contributed by atoms with E-state index in [4.69, 9.17) is 5.11 Å². The van der Waals surface area contributed by atoms with E-state index in [1.165, 1.54) is 24.4 Å². The van der Waals surface area contributed by atoms with Crippen molar-refractivity contribution in [3.05, 3.63) is 35.5 Å². The number of hydrogen-bond acceptors (Lipinski definition) is 9. The highest BCUT2D eigenvalue weighted by Gasteiger charge is 2.24. The summed E-state index contributed by atoms with van der Waals surface area (Å²) in [6.07, 6.45) is 5.52. The summed E-state index contributed by atoms with van der Waals surface area (Å²) >= 11 is 1.43. The normalized spacial score (nSPS) is 18.6. The molecule has 1 unspecified atom stereocenters. The molecular formula is C23H29N7O2S. The van der Waals surface area contributed by atoms with Crippen LogP contribution in [0.25, 0.3) is 0 Å². The number of nitrogens with one attached hydrogen (secondary N) is 3. The van der Waals surface area contributed by atoms with Crippen LogP contribution in [-0.2, 0) is 0 Å². The van der Waals surface area contributed by atoms with Crippen molar-refractivity contribution in [2.75, 3.05) is 52.2 Å². The van der Waals surface area contributed by atoms with Crippen molar-refractivity contribution in [1.29, 1.82) is 5.26 Å². The van der Waals surface area contributed by atoms with Crippen molar-refractivity contribution in [1.82, 2.24) is 9.97 Å². The van der Waals surface area contributed by atoms with Crippen LogP contribution >= 0.6 is 11.9 Å². The third kappa shape index (κ3) is 6.06. The number of piperidine rings is 1. The first-order chi connectivity index (χ1) is 16.2. The molecule has 4 N–H and O–H groups in total. The molecule has 1 aromatic heterocycles. The van der Waals surface area contributed by atoms with Crippen LogP contribution in [0.5, 0.6) is 0 Å². The molecule has 1 aromatic carbocycles. The molecule has 4 bridgehead atoms. The number of aliphatic hydroxyl groups is 1. The molecule has 9 nitrogen and oxygen atoms in total. The van der Waals surface area contributed by atoms with Crippen LogP contribution in [0.1, 0.15) is 48.2 Å². The summed E-state index contributed by atoms with van der Waals surface area (Å²) in [5.74, 6) is 1.54. The topological polar surface area (TPSA) is 126 Å². The Kier molecular flexibility index (Phi) is 7.86. The molecule has 10 heteroatoms. The quantitative estimate of drug-likeness (QED) is 0.395. The maximum absolute atomic E-state index is 13.3. The summed E-state index contributed by atoms with van der Waals surface area (Å²) in [5, 5.41) is 24.5. The number of carbonyl (C=O) groups excluding carboxylic acids is 1. The fraction of sp³-hybridized carbons (Fsp3) is 0.478. The number of hydrogen-bond donors (Lipinski definition) is 4. The highest BCUT2D eigenvalue weighted by atomic mass is 32.2. The molecule has 3 heterocycles. The standard InChI is InChI=1S/C23H29N7O2S/c24-14-18-13-21-27-22(32)19-7-6-17(29-33-11-10-31)12-20(19)30-9-3-5-16(15-30)4-1-2-8-25-23(26-18)28-21/h6-7,12-13,16,29,31H,1-5,8-11,15H2,(H2,25,26,27,28,32). The highest BCUT2D eigenvalue weighted by Crippen LogP contribution is 2.32. The first-order valence-corrected chi connectivity index (χ1v) is 12.4. The second-order valence-corrected chi connectivity index (χ2v) is 9.21. The maximum Gasteiger partial charge on any atom is 0.258 e. The summed E-state index contributed by atoms with van der Waals surface area (Å²) in [6, 6.07) is 9.22. The predicted octanol–water partition coefficient (Wildman–Crippen LogP) is 3.47. The van der Waals surface area contributed by atoms with E-state index in [-0.39, 0.29) is 18.2 Å². The molecule has 2 aromatic rings. The van der Waals surface area contributed by atoms with Gasteiger partial charge in [0.2, 0.25) is 5.95 Å². The van der Waals surface area contributed by atoms with Crippen molar-refractivity contribution in [3.63, 3.8) is 0 Å². The minimum atomic E-state index is -0.273. The first-order valence-electron chi connectivity index (χ1n) is 11.4. The lowest BCUT2D eigenvalue weighted by molar-refractivity contribution is 0.102. The van der Waals surface area contributed by atoms with Gasteiger partial charge in [-0.25, -0.2) is 4.98 Å². The zero-order valence-electron chi connectivity index (χ0n) is 18.5. The van der Waals surface area contributed by atoms with E-state index in [2.05, 4.69) is 30.2 Å². The van der Waals surface area contributed by atoms with Gasteiger partial charge in [0.1, 0.15) is 17.6 Å². The molecule has 33 heavy (non-hydrogen) atoms. The van der Waals surface area contributed by atoms with Crippen LogP contribution < -0.4 is 20.3 Å². The number of benzene rings is 1. The Hall–Kier alpha value is -3.03. The fourth-order valence-corrected chi connectivity index (χ4v) is 4.82. The molecule has 0 saturated carbocycles. The number of fused-ring (bicyclic) bond motifs is 6. The second-order valence-electron chi connectivity index (χ2n) is 8.31. The third-order valence-corrected chi connectivity index (χ3v) is 6.66. The summed E-state index contributed by atoms with van der Waals surface area (Å²) in [7, 11) is 0. The van der Waals surface area contributed by atoms with Crippen LogP contribution in [0, 0.1) is 17.2 Å². The van der Waals surface area contributed by atoms with Gasteiger partial charge in [-0.3, -0.25) is 4.79 Å². The van der Waals surface area contributed by atoms with Crippen LogP contribution in [0.3, 0.4) is 0 Å². The number of rotatable bonds is 4. The smallest absolute Gasteiger partial charge is 0.258 e. The van der Waals surface area contributed by atoms with Crippen molar-refractivity contribution < 1.29 is 9.90 Å². The number of carbonyl (C=O) groups is 1. The molecule has 0 spiro atoms. The molecule has 2 aliphatic rings. The van der Waals surface area contributed by atoms with Gasteiger partial charge in [-0.2, -0.15) is 10.2 Å². The van der Waals surface area contributed by atoms with Crippen molar-refractivity contribution in [2.24, 2.45) is 5.92 Å². The van der Waals surface area contributed by atoms with Gasteiger partial charge >= 0.3 is 0 Å². The maximum atomic E-state index is 13.3. The number of anilines is 4. The van der Waals surface area contributed by atoms with E-state index >= 15 is 0 Å². The summed E-state index contributed by atoms with van der Waals surface area (Å²) in [5.41, 5.74) is 2.54. The van der Waals surface area contributed by atoms with Crippen LogP contribution in [0.15, 0.2) is 24.3 Å². The molecule has 0 radical (unpaired) electrons. The van der Waals surface area contributed by atoms with E-state index < -0.39 is 0 Å². The average molecular weight is 468 g/mol. The predicted molar refractivity (Wildman–Crippen MR) is 132 cm³/mol. The Morgan fingerprint density at radius 2 is 2.12 bits per heavy atom. The summed E-state index contributed by atoms with van der Waals surface area (Å²) in [4.78, 5) is 24.2. The van der Waals surface area contributed by atoms with E-state index in [1.54, 1.807) is 0 Å². The Morgan fingerprint density at radius 3 is 2.97 bits per heavy atom. The zero-order chi connectivity index (χ0) is 23.0. The molecule has 2 aliphatic heterocycles. The largest absolute Gasteiger partial charge is 0.395 e. The highest BCUT2D eigenvalue weighted by molar-refractivity contribution is 8.00. The van der Waals surface area contributed by atoms with E-state index in [1.807, 2.05) is 24.3 Å². The SMILES string of the molecule is N#Cc1cc2nc(n1)NCCCCC1CCCN(C1)c1cc(NSCCO)ccc1C(=O)N2. The van der Waals surface area contributed by atoms with Gasteiger partial charge in [0.05, 0.1) is 17.9 Å². The van der Waals surface area contributed by atoms with Gasteiger partial charge in [-0.05, 0) is 49.8 Å². The van der Waals surface area contributed by atoms with Gasteiger partial charge in [0.15, 0.2) is 0 Å². The third-order valence-electron chi connectivity index (χ3n) is 5.89. The summed E-state index contributed by atoms with van der Waals surface area (Å²) < 4.78 is 3.25. The number of aliphatic hydroxyl groups excluding tert-OH is 1. The van der Waals surface area contributed by atoms with Gasteiger partial charge in [-0.1, -0.05) is 18.4 Å². The van der Waals surface area contributed by atoms with E-state index in [0.29, 0.717) is 29.0 Å². The van der Waals surface area contributed by atoms with Gasteiger partial charge in [0, 0.05) is 37.1 Å². The number of nitrogens with zero attached hydrogens (tertiary/aromatic N) is 4.